The van der Waals surface area contributed by atoms with Gasteiger partial charge in [0, 0.05) is 11.8 Å². The van der Waals surface area contributed by atoms with Crippen molar-refractivity contribution in [1.82, 2.24) is 0 Å². The molecule has 3 aromatic rings. The van der Waals surface area contributed by atoms with Crippen LogP contribution in [0.2, 0.25) is 0 Å². The Bertz CT molecular complexity index is 1140. The number of rotatable bonds is 4. The fourth-order valence-electron chi connectivity index (χ4n) is 3.07. The van der Waals surface area contributed by atoms with Gasteiger partial charge in [-0.2, -0.15) is 0 Å². The smallest absolute Gasteiger partial charge is 0.282 e. The number of amides is 2. The van der Waals surface area contributed by atoms with Gasteiger partial charge in [0.1, 0.15) is 23.1 Å². The van der Waals surface area contributed by atoms with Crippen LogP contribution in [0.15, 0.2) is 78.5 Å². The molecule has 0 bridgehead atoms. The first-order valence-corrected chi connectivity index (χ1v) is 8.62. The van der Waals surface area contributed by atoms with E-state index in [0.29, 0.717) is 10.6 Å². The van der Waals surface area contributed by atoms with E-state index in [-0.39, 0.29) is 16.8 Å². The van der Waals surface area contributed by atoms with E-state index in [4.69, 9.17) is 0 Å². The third-order valence-corrected chi connectivity index (χ3v) is 4.41. The van der Waals surface area contributed by atoms with E-state index in [1.165, 1.54) is 12.1 Å². The summed E-state index contributed by atoms with van der Waals surface area (Å²) < 4.78 is 41.3. The first-order chi connectivity index (χ1) is 14.0. The van der Waals surface area contributed by atoms with Gasteiger partial charge < -0.3 is 5.32 Å². The van der Waals surface area contributed by atoms with E-state index in [9.17, 15) is 22.8 Å². The van der Waals surface area contributed by atoms with Gasteiger partial charge in [-0.3, -0.25) is 9.59 Å². The maximum atomic E-state index is 14.3. The number of hydrogen-bond donors (Lipinski definition) is 1. The first-order valence-electron chi connectivity index (χ1n) is 8.62. The maximum absolute atomic E-state index is 14.3. The molecule has 0 radical (unpaired) electrons. The van der Waals surface area contributed by atoms with Crippen molar-refractivity contribution in [2.45, 2.75) is 0 Å². The summed E-state index contributed by atoms with van der Waals surface area (Å²) in [6.45, 7) is 0. The van der Waals surface area contributed by atoms with Crippen molar-refractivity contribution >= 4 is 28.8 Å². The summed E-state index contributed by atoms with van der Waals surface area (Å²) in [4.78, 5) is 26.7. The lowest BCUT2D eigenvalue weighted by Crippen LogP contribution is -2.33. The quantitative estimate of drug-likeness (QED) is 0.663. The number of nitrogens with zero attached hydrogens (tertiary/aromatic N) is 1. The van der Waals surface area contributed by atoms with Crippen LogP contribution in [0, 0.1) is 17.5 Å². The fourth-order valence-corrected chi connectivity index (χ4v) is 3.07. The zero-order chi connectivity index (χ0) is 20.5. The minimum atomic E-state index is -0.924. The van der Waals surface area contributed by atoms with E-state index in [1.54, 1.807) is 30.3 Å². The lowest BCUT2D eigenvalue weighted by atomic mass is 10.0. The van der Waals surface area contributed by atoms with Crippen molar-refractivity contribution in [2.24, 2.45) is 0 Å². The molecule has 0 unspecified atom stereocenters. The molecular weight excluding hydrogens is 381 g/mol. The molecule has 3 aromatic carbocycles. The van der Waals surface area contributed by atoms with Crippen LogP contribution in [-0.2, 0) is 9.59 Å². The molecule has 1 aliphatic rings. The minimum Gasteiger partial charge on any atom is -0.350 e. The average molecular weight is 394 g/mol. The second-order valence-electron chi connectivity index (χ2n) is 6.29. The lowest BCUT2D eigenvalue weighted by Gasteiger charge is -2.16. The van der Waals surface area contributed by atoms with Crippen LogP contribution in [0.4, 0.5) is 24.5 Å². The molecule has 0 spiro atoms. The molecule has 0 aliphatic carbocycles. The maximum Gasteiger partial charge on any atom is 0.282 e. The molecule has 1 heterocycles. The van der Waals surface area contributed by atoms with Crippen molar-refractivity contribution in [1.29, 1.82) is 0 Å². The average Bonchev–Trinajstić information content (AvgIpc) is 2.95. The number of anilines is 2. The molecule has 4 nitrogen and oxygen atoms in total. The fraction of sp³-hybridized carbons (Fsp3) is 0. The van der Waals surface area contributed by atoms with Gasteiger partial charge in [-0.05, 0) is 42.0 Å². The molecule has 7 heteroatoms. The summed E-state index contributed by atoms with van der Waals surface area (Å²) in [6.07, 6.45) is 0. The Morgan fingerprint density at radius 3 is 2.07 bits per heavy atom. The Labute approximate surface area is 163 Å². The Kier molecular flexibility index (Phi) is 4.64. The Morgan fingerprint density at radius 2 is 1.38 bits per heavy atom. The molecule has 1 aliphatic heterocycles. The van der Waals surface area contributed by atoms with Gasteiger partial charge in [0.15, 0.2) is 0 Å². The van der Waals surface area contributed by atoms with Gasteiger partial charge in [-0.25, -0.2) is 18.1 Å². The Balaban J connectivity index is 1.85. The topological polar surface area (TPSA) is 49.4 Å². The molecule has 0 saturated heterocycles. The van der Waals surface area contributed by atoms with Crippen LogP contribution in [0.5, 0.6) is 0 Å². The van der Waals surface area contributed by atoms with Crippen LogP contribution in [0.1, 0.15) is 5.56 Å². The molecule has 144 valence electrons. The molecule has 0 fully saturated rings. The number of halogens is 3. The molecule has 0 saturated carbocycles. The van der Waals surface area contributed by atoms with Crippen molar-refractivity contribution < 1.29 is 22.8 Å². The molecular formula is C22H13F3N2O2. The second kappa shape index (κ2) is 7.27. The monoisotopic (exact) mass is 394 g/mol. The molecule has 0 atom stereocenters. The normalized spacial score (nSPS) is 14.0. The van der Waals surface area contributed by atoms with Crippen molar-refractivity contribution in [3.8, 4) is 0 Å². The molecule has 0 aromatic heterocycles. The highest BCUT2D eigenvalue weighted by Gasteiger charge is 2.41. The van der Waals surface area contributed by atoms with Gasteiger partial charge in [0.2, 0.25) is 0 Å². The molecule has 1 N–H and O–H groups in total. The molecule has 2 amide bonds. The van der Waals surface area contributed by atoms with E-state index in [1.807, 2.05) is 0 Å². The third-order valence-electron chi connectivity index (χ3n) is 4.41. The van der Waals surface area contributed by atoms with E-state index >= 15 is 0 Å². The van der Waals surface area contributed by atoms with Crippen LogP contribution in [0.25, 0.3) is 5.57 Å². The predicted octanol–water partition coefficient (Wildman–Crippen LogP) is 4.50. The predicted molar refractivity (Wildman–Crippen MR) is 102 cm³/mol. The number of benzene rings is 3. The first kappa shape index (κ1) is 18.5. The van der Waals surface area contributed by atoms with Gasteiger partial charge in [0.05, 0.1) is 11.3 Å². The number of carbonyl (C=O) groups excluding carboxylic acids is 2. The highest BCUT2D eigenvalue weighted by atomic mass is 19.1. The number of para-hydroxylation sites is 1. The van der Waals surface area contributed by atoms with Gasteiger partial charge in [-0.1, -0.05) is 30.3 Å². The van der Waals surface area contributed by atoms with Gasteiger partial charge in [0.25, 0.3) is 11.8 Å². The third kappa shape index (κ3) is 3.38. The van der Waals surface area contributed by atoms with Crippen molar-refractivity contribution in [3.05, 3.63) is 102 Å². The van der Waals surface area contributed by atoms with E-state index < -0.39 is 35.0 Å². The van der Waals surface area contributed by atoms with E-state index in [2.05, 4.69) is 5.32 Å². The zero-order valence-electron chi connectivity index (χ0n) is 14.8. The van der Waals surface area contributed by atoms with Crippen LogP contribution < -0.4 is 10.2 Å². The highest BCUT2D eigenvalue weighted by Crippen LogP contribution is 2.35. The van der Waals surface area contributed by atoms with E-state index in [0.717, 1.165) is 30.3 Å². The van der Waals surface area contributed by atoms with Crippen LogP contribution >= 0.6 is 0 Å². The number of nitrogens with one attached hydrogen (secondary N) is 1. The van der Waals surface area contributed by atoms with Gasteiger partial charge in [-0.15, -0.1) is 0 Å². The van der Waals surface area contributed by atoms with Crippen molar-refractivity contribution in [3.63, 3.8) is 0 Å². The summed E-state index contributed by atoms with van der Waals surface area (Å²) >= 11 is 0. The zero-order valence-corrected chi connectivity index (χ0v) is 14.8. The van der Waals surface area contributed by atoms with Crippen LogP contribution in [-0.4, -0.2) is 11.8 Å². The number of carbonyl (C=O) groups is 2. The summed E-state index contributed by atoms with van der Waals surface area (Å²) in [5, 5.41) is 2.88. The number of imide groups is 1. The Morgan fingerprint density at radius 1 is 0.724 bits per heavy atom. The highest BCUT2D eigenvalue weighted by molar-refractivity contribution is 6.46. The summed E-state index contributed by atoms with van der Waals surface area (Å²) in [5.41, 5.74) is 0.107. The number of hydrogen-bond acceptors (Lipinski definition) is 3. The minimum absolute atomic E-state index is 0.0671. The van der Waals surface area contributed by atoms with Crippen LogP contribution in [0.3, 0.4) is 0 Å². The standard InChI is InChI=1S/C22H13F3N2O2/c23-14-8-6-13(7-9-14)19-20(26-16-4-2-1-3-5-16)22(29)27(21(19)28)18-12-15(24)10-11-17(18)25/h1-12,26H. The molecule has 29 heavy (non-hydrogen) atoms. The summed E-state index contributed by atoms with van der Waals surface area (Å²) in [7, 11) is 0. The molecule has 4 rings (SSSR count). The second-order valence-corrected chi connectivity index (χ2v) is 6.29. The lowest BCUT2D eigenvalue weighted by molar-refractivity contribution is -0.120. The van der Waals surface area contributed by atoms with Crippen molar-refractivity contribution in [2.75, 3.05) is 10.2 Å². The summed E-state index contributed by atoms with van der Waals surface area (Å²) in [6, 6.07) is 16.1. The largest absolute Gasteiger partial charge is 0.350 e. The Hall–Kier alpha value is -3.87. The van der Waals surface area contributed by atoms with Gasteiger partial charge >= 0.3 is 0 Å². The summed E-state index contributed by atoms with van der Waals surface area (Å²) in [5.74, 6) is -3.92. The SMILES string of the molecule is O=C1C(Nc2ccccc2)=C(c2ccc(F)cc2)C(=O)N1c1cc(F)ccc1F.